The van der Waals surface area contributed by atoms with Crippen LogP contribution in [-0.2, 0) is 20.7 Å². The minimum atomic E-state index is -1.11. The molecule has 1 aliphatic heterocycles. The fraction of sp³-hybridized carbons (Fsp3) is 0.417. The third-order valence-electron chi connectivity index (χ3n) is 5.62. The van der Waals surface area contributed by atoms with Crippen molar-refractivity contribution in [3.63, 3.8) is 0 Å². The molecule has 3 rings (SSSR count). The molecule has 0 aliphatic carbocycles. The van der Waals surface area contributed by atoms with Crippen molar-refractivity contribution in [3.05, 3.63) is 52.3 Å². The van der Waals surface area contributed by atoms with E-state index in [1.807, 2.05) is 13.0 Å². The first kappa shape index (κ1) is 22.4. The highest BCUT2D eigenvalue weighted by Crippen LogP contribution is 2.42. The summed E-state index contributed by atoms with van der Waals surface area (Å²) in [7, 11) is 1.35. The molecular weight excluding hydrogens is 407 g/mol. The molecule has 2 aromatic carbocycles. The molecular formula is C24H26ClFO4. The summed E-state index contributed by atoms with van der Waals surface area (Å²) >= 11 is 6.02. The third kappa shape index (κ3) is 3.65. The average molecular weight is 433 g/mol. The Morgan fingerprint density at radius 3 is 2.20 bits per heavy atom. The van der Waals surface area contributed by atoms with Crippen LogP contribution < -0.4 is 4.74 Å². The molecule has 0 saturated carbocycles. The fourth-order valence-corrected chi connectivity index (χ4v) is 4.35. The van der Waals surface area contributed by atoms with E-state index in [0.717, 1.165) is 5.56 Å². The number of carbonyl (C=O) groups is 2. The van der Waals surface area contributed by atoms with Crippen molar-refractivity contribution in [2.45, 2.75) is 58.2 Å². The average Bonchev–Trinajstić information content (AvgIpc) is 2.66. The van der Waals surface area contributed by atoms with Crippen LogP contribution in [0.15, 0.2) is 30.3 Å². The Balaban J connectivity index is 2.22. The second kappa shape index (κ2) is 7.78. The van der Waals surface area contributed by atoms with Crippen LogP contribution in [0.3, 0.4) is 0 Å². The number of carbonyl (C=O) groups excluding carboxylic acids is 2. The Morgan fingerprint density at radius 2 is 1.67 bits per heavy atom. The van der Waals surface area contributed by atoms with Crippen molar-refractivity contribution in [1.29, 1.82) is 0 Å². The lowest BCUT2D eigenvalue weighted by Crippen LogP contribution is -2.58. The minimum Gasteiger partial charge on any atom is -0.492 e. The molecule has 1 heterocycles. The van der Waals surface area contributed by atoms with Crippen LogP contribution in [0.5, 0.6) is 5.75 Å². The second-order valence-electron chi connectivity index (χ2n) is 8.49. The summed E-state index contributed by atoms with van der Waals surface area (Å²) in [6, 6.07) is 8.46. The van der Waals surface area contributed by atoms with Crippen LogP contribution in [0, 0.1) is 5.82 Å². The van der Waals surface area contributed by atoms with Gasteiger partial charge in [0.1, 0.15) is 17.1 Å². The molecule has 4 nitrogen and oxygen atoms in total. The maximum atomic E-state index is 15.0. The predicted octanol–water partition coefficient (Wildman–Crippen LogP) is 5.53. The van der Waals surface area contributed by atoms with E-state index in [1.54, 1.807) is 52.0 Å². The third-order valence-corrected chi connectivity index (χ3v) is 5.92. The topological polar surface area (TPSA) is 52.6 Å². The first-order chi connectivity index (χ1) is 13.9. The van der Waals surface area contributed by atoms with Gasteiger partial charge in [0, 0.05) is 5.56 Å². The zero-order valence-electron chi connectivity index (χ0n) is 18.1. The molecule has 0 bridgehead atoms. The van der Waals surface area contributed by atoms with Gasteiger partial charge in [-0.2, -0.15) is 0 Å². The number of ketones is 2. The quantitative estimate of drug-likeness (QED) is 0.596. The van der Waals surface area contributed by atoms with E-state index in [4.69, 9.17) is 21.1 Å². The molecule has 0 radical (unpaired) electrons. The van der Waals surface area contributed by atoms with E-state index in [2.05, 4.69) is 0 Å². The number of halogens is 2. The van der Waals surface area contributed by atoms with Gasteiger partial charge in [-0.05, 0) is 69.0 Å². The molecule has 1 fully saturated rings. The predicted molar refractivity (Wildman–Crippen MR) is 115 cm³/mol. The number of aryl methyl sites for hydroxylation is 1. The van der Waals surface area contributed by atoms with Crippen LogP contribution in [-0.4, -0.2) is 29.9 Å². The summed E-state index contributed by atoms with van der Waals surface area (Å²) in [5.74, 6) is -2.21. The maximum absolute atomic E-state index is 15.0. The minimum absolute atomic E-state index is 0.0456. The molecule has 30 heavy (non-hydrogen) atoms. The summed E-state index contributed by atoms with van der Waals surface area (Å²) in [6.45, 7) is 8.66. The highest BCUT2D eigenvalue weighted by molar-refractivity contribution is 6.32. The zero-order chi connectivity index (χ0) is 22.4. The smallest absolute Gasteiger partial charge is 0.179 e. The zero-order valence-corrected chi connectivity index (χ0v) is 18.8. The normalized spacial score (nSPS) is 18.5. The lowest BCUT2D eigenvalue weighted by molar-refractivity contribution is -0.184. The van der Waals surface area contributed by atoms with E-state index in [9.17, 15) is 9.59 Å². The summed E-state index contributed by atoms with van der Waals surface area (Å²) in [5.41, 5.74) is 0.0430. The lowest BCUT2D eigenvalue weighted by atomic mass is 9.73. The molecule has 1 aliphatic rings. The number of hydrogen-bond donors (Lipinski definition) is 0. The van der Waals surface area contributed by atoms with Crippen molar-refractivity contribution >= 4 is 23.2 Å². The Bertz CT molecular complexity index is 1000. The molecule has 6 heteroatoms. The Kier molecular flexibility index (Phi) is 5.82. The molecule has 0 atom stereocenters. The van der Waals surface area contributed by atoms with E-state index < -0.39 is 22.9 Å². The van der Waals surface area contributed by atoms with Gasteiger partial charge in [-0.3, -0.25) is 9.59 Å². The summed E-state index contributed by atoms with van der Waals surface area (Å²) in [4.78, 5) is 26.4. The summed E-state index contributed by atoms with van der Waals surface area (Å²) in [6.07, 6.45) is 0.626. The van der Waals surface area contributed by atoms with Gasteiger partial charge in [-0.25, -0.2) is 4.39 Å². The maximum Gasteiger partial charge on any atom is 0.179 e. The van der Waals surface area contributed by atoms with Crippen molar-refractivity contribution < 1.29 is 23.5 Å². The number of hydrogen-bond acceptors (Lipinski definition) is 4. The van der Waals surface area contributed by atoms with Crippen LogP contribution in [0.2, 0.25) is 5.02 Å². The molecule has 0 unspecified atom stereocenters. The monoisotopic (exact) mass is 432 g/mol. The van der Waals surface area contributed by atoms with Crippen LogP contribution >= 0.6 is 11.6 Å². The van der Waals surface area contributed by atoms with Gasteiger partial charge in [-0.1, -0.05) is 30.7 Å². The molecule has 0 amide bonds. The molecule has 0 spiro atoms. The number of benzene rings is 2. The van der Waals surface area contributed by atoms with Crippen LogP contribution in [0.4, 0.5) is 4.39 Å². The van der Waals surface area contributed by atoms with Gasteiger partial charge < -0.3 is 9.47 Å². The highest BCUT2D eigenvalue weighted by atomic mass is 35.5. The van der Waals surface area contributed by atoms with E-state index >= 15 is 4.39 Å². The SMILES string of the molecule is CCc1ccc(-c2ccc(Cl)c(OC)c2F)cc1C1C(=O)C(C)(C)OC(C)(C)C1=O. The Labute approximate surface area is 181 Å². The first-order valence-electron chi connectivity index (χ1n) is 9.88. The second-order valence-corrected chi connectivity index (χ2v) is 8.90. The van der Waals surface area contributed by atoms with Crippen molar-refractivity contribution in [2.75, 3.05) is 7.11 Å². The fourth-order valence-electron chi connectivity index (χ4n) is 4.13. The van der Waals surface area contributed by atoms with Crippen molar-refractivity contribution in [2.24, 2.45) is 0 Å². The van der Waals surface area contributed by atoms with Gasteiger partial charge in [0.2, 0.25) is 0 Å². The number of ether oxygens (including phenoxy) is 2. The van der Waals surface area contributed by atoms with Gasteiger partial charge in [0.25, 0.3) is 0 Å². The van der Waals surface area contributed by atoms with E-state index in [0.29, 0.717) is 17.5 Å². The summed E-state index contributed by atoms with van der Waals surface area (Å²) in [5, 5.41) is 0.169. The molecule has 160 valence electrons. The van der Waals surface area contributed by atoms with Crippen molar-refractivity contribution in [3.8, 4) is 16.9 Å². The molecule has 2 aromatic rings. The first-order valence-corrected chi connectivity index (χ1v) is 10.3. The number of methoxy groups -OCH3 is 1. The van der Waals surface area contributed by atoms with Crippen molar-refractivity contribution in [1.82, 2.24) is 0 Å². The van der Waals surface area contributed by atoms with Crippen LogP contribution in [0.25, 0.3) is 11.1 Å². The highest BCUT2D eigenvalue weighted by Gasteiger charge is 2.53. The summed E-state index contributed by atoms with van der Waals surface area (Å²) < 4.78 is 25.9. The molecule has 0 aromatic heterocycles. The largest absolute Gasteiger partial charge is 0.492 e. The van der Waals surface area contributed by atoms with E-state index in [1.165, 1.54) is 7.11 Å². The van der Waals surface area contributed by atoms with Gasteiger partial charge in [-0.15, -0.1) is 0 Å². The van der Waals surface area contributed by atoms with Gasteiger partial charge in [0.05, 0.1) is 12.1 Å². The standard InChI is InChI=1S/C24H26ClFO4/c1-7-13-8-9-14(15-10-11-17(25)20(29-6)19(15)26)12-16(13)18-21(27)23(2,3)30-24(4,5)22(18)28/h8-12,18H,7H2,1-6H3. The molecule has 1 saturated heterocycles. The van der Waals surface area contributed by atoms with E-state index in [-0.39, 0.29) is 27.9 Å². The molecule has 0 N–H and O–H groups in total. The number of rotatable bonds is 4. The van der Waals surface area contributed by atoms with Gasteiger partial charge in [0.15, 0.2) is 23.1 Å². The lowest BCUT2D eigenvalue weighted by Gasteiger charge is -2.43. The Morgan fingerprint density at radius 1 is 1.07 bits per heavy atom. The number of Topliss-reactive ketones (excluding diaryl/α,β-unsaturated/α-hetero) is 2. The van der Waals surface area contributed by atoms with Crippen LogP contribution in [0.1, 0.15) is 51.7 Å². The Hall–Kier alpha value is -2.24. The van der Waals surface area contributed by atoms with Gasteiger partial charge >= 0.3 is 0 Å².